The highest BCUT2D eigenvalue weighted by molar-refractivity contribution is 4.80. The monoisotopic (exact) mass is 292 g/mol. The molecule has 0 heteroatoms. The highest BCUT2D eigenvalue weighted by Crippen LogP contribution is 2.41. The summed E-state index contributed by atoms with van der Waals surface area (Å²) in [5.41, 5.74) is 0. The molecule has 2 rings (SSSR count). The van der Waals surface area contributed by atoms with Crippen LogP contribution in [0.4, 0.5) is 0 Å². The Morgan fingerprint density at radius 3 is 2.19 bits per heavy atom. The zero-order valence-electron chi connectivity index (χ0n) is 15.1. The van der Waals surface area contributed by atoms with Crippen molar-refractivity contribution in [1.29, 1.82) is 0 Å². The van der Waals surface area contributed by atoms with Gasteiger partial charge in [-0.15, -0.1) is 0 Å². The average Bonchev–Trinajstić information content (AvgIpc) is 2.91. The Bertz CT molecular complexity index is 269. The molecule has 2 aliphatic carbocycles. The van der Waals surface area contributed by atoms with Crippen molar-refractivity contribution in [1.82, 2.24) is 0 Å². The van der Waals surface area contributed by atoms with Gasteiger partial charge in [0.25, 0.3) is 0 Å². The lowest BCUT2D eigenvalue weighted by atomic mass is 9.73. The molecule has 0 heterocycles. The third kappa shape index (κ3) is 5.95. The molecular weight excluding hydrogens is 252 g/mol. The molecule has 0 saturated heterocycles. The van der Waals surface area contributed by atoms with Crippen LogP contribution in [0.15, 0.2) is 0 Å². The molecule has 0 aliphatic heterocycles. The number of hydrogen-bond acceptors (Lipinski definition) is 0. The van der Waals surface area contributed by atoms with Gasteiger partial charge in [0, 0.05) is 0 Å². The lowest BCUT2D eigenvalue weighted by Crippen LogP contribution is -2.22. The zero-order chi connectivity index (χ0) is 15.1. The second kappa shape index (κ2) is 9.21. The molecule has 0 N–H and O–H groups in total. The number of unbranched alkanes of at least 4 members (excludes halogenated alkanes) is 3. The van der Waals surface area contributed by atoms with E-state index in [0.29, 0.717) is 0 Å². The predicted molar refractivity (Wildman–Crippen MR) is 94.5 cm³/mol. The predicted octanol–water partition coefficient (Wildman–Crippen LogP) is 7.23. The Kier molecular flexibility index (Phi) is 7.61. The molecule has 0 bridgehead atoms. The molecule has 0 amide bonds. The van der Waals surface area contributed by atoms with Gasteiger partial charge < -0.3 is 0 Å². The van der Waals surface area contributed by atoms with E-state index in [0.717, 1.165) is 29.6 Å². The summed E-state index contributed by atoms with van der Waals surface area (Å²) < 4.78 is 0. The van der Waals surface area contributed by atoms with E-state index in [1.165, 1.54) is 51.4 Å². The molecule has 5 atom stereocenters. The van der Waals surface area contributed by atoms with E-state index in [-0.39, 0.29) is 0 Å². The second-order valence-electron chi connectivity index (χ2n) is 8.63. The van der Waals surface area contributed by atoms with Gasteiger partial charge in [-0.2, -0.15) is 0 Å². The van der Waals surface area contributed by atoms with Crippen molar-refractivity contribution in [3.05, 3.63) is 0 Å². The van der Waals surface area contributed by atoms with Gasteiger partial charge in [0.15, 0.2) is 0 Å². The van der Waals surface area contributed by atoms with Crippen LogP contribution >= 0.6 is 0 Å². The maximum Gasteiger partial charge on any atom is -0.0388 e. The maximum absolute atomic E-state index is 2.52. The van der Waals surface area contributed by atoms with Gasteiger partial charge in [0.1, 0.15) is 0 Å². The Labute approximate surface area is 134 Å². The van der Waals surface area contributed by atoms with Crippen molar-refractivity contribution in [3.8, 4) is 0 Å². The van der Waals surface area contributed by atoms with Gasteiger partial charge in [0.2, 0.25) is 0 Å². The van der Waals surface area contributed by atoms with E-state index in [1.807, 2.05) is 0 Å². The van der Waals surface area contributed by atoms with E-state index in [4.69, 9.17) is 0 Å². The molecule has 124 valence electrons. The summed E-state index contributed by atoms with van der Waals surface area (Å²) in [6.07, 6.45) is 19.6. The van der Waals surface area contributed by atoms with E-state index < -0.39 is 0 Å². The van der Waals surface area contributed by atoms with Crippen LogP contribution in [0.3, 0.4) is 0 Å². The maximum atomic E-state index is 2.52. The molecule has 0 aromatic carbocycles. The zero-order valence-corrected chi connectivity index (χ0v) is 15.1. The van der Waals surface area contributed by atoms with Gasteiger partial charge in [-0.05, 0) is 55.3 Å². The summed E-state index contributed by atoms with van der Waals surface area (Å²) in [6.45, 7) is 7.29. The molecule has 0 nitrogen and oxygen atoms in total. The topological polar surface area (TPSA) is 0 Å². The molecule has 5 unspecified atom stereocenters. The van der Waals surface area contributed by atoms with Crippen LogP contribution in [0.1, 0.15) is 104 Å². The fraction of sp³-hybridized carbons (Fsp3) is 1.00. The third-order valence-corrected chi connectivity index (χ3v) is 6.67. The van der Waals surface area contributed by atoms with Crippen LogP contribution in [0, 0.1) is 29.6 Å². The molecule has 2 aliphatic rings. The quantitative estimate of drug-likeness (QED) is 0.414. The highest BCUT2D eigenvalue weighted by Gasteiger charge is 2.28. The van der Waals surface area contributed by atoms with Crippen LogP contribution in [0.5, 0.6) is 0 Å². The van der Waals surface area contributed by atoms with Crippen LogP contribution in [-0.4, -0.2) is 0 Å². The Hall–Kier alpha value is 0. The first-order valence-corrected chi connectivity index (χ1v) is 10.2. The minimum absolute atomic E-state index is 0.996. The Morgan fingerprint density at radius 1 is 0.714 bits per heavy atom. The molecule has 0 aromatic heterocycles. The van der Waals surface area contributed by atoms with Crippen molar-refractivity contribution < 1.29 is 0 Å². The van der Waals surface area contributed by atoms with Crippen molar-refractivity contribution >= 4 is 0 Å². The minimum Gasteiger partial charge on any atom is -0.0654 e. The van der Waals surface area contributed by atoms with Crippen molar-refractivity contribution in [3.63, 3.8) is 0 Å². The molecule has 21 heavy (non-hydrogen) atoms. The molecular formula is C21H40. The number of rotatable bonds is 8. The van der Waals surface area contributed by atoms with Gasteiger partial charge in [-0.3, -0.25) is 0 Å². The summed E-state index contributed by atoms with van der Waals surface area (Å²) in [5, 5.41) is 0. The largest absolute Gasteiger partial charge is 0.0654 e. The molecule has 2 saturated carbocycles. The fourth-order valence-electron chi connectivity index (χ4n) is 5.17. The van der Waals surface area contributed by atoms with E-state index in [9.17, 15) is 0 Å². The van der Waals surface area contributed by atoms with E-state index in [2.05, 4.69) is 20.8 Å². The van der Waals surface area contributed by atoms with Crippen LogP contribution in [0.2, 0.25) is 0 Å². The first kappa shape index (κ1) is 17.4. The van der Waals surface area contributed by atoms with Crippen molar-refractivity contribution in [2.75, 3.05) is 0 Å². The lowest BCUT2D eigenvalue weighted by molar-refractivity contribution is 0.184. The normalized spacial score (nSPS) is 37.0. The summed E-state index contributed by atoms with van der Waals surface area (Å²) >= 11 is 0. The average molecular weight is 293 g/mol. The van der Waals surface area contributed by atoms with Gasteiger partial charge in [-0.25, -0.2) is 0 Å². The minimum atomic E-state index is 0.996. The summed E-state index contributed by atoms with van der Waals surface area (Å²) in [6, 6.07) is 0. The molecule has 0 aromatic rings. The lowest BCUT2D eigenvalue weighted by Gasteiger charge is -2.33. The van der Waals surface area contributed by atoms with E-state index >= 15 is 0 Å². The smallest absolute Gasteiger partial charge is 0.0388 e. The highest BCUT2D eigenvalue weighted by atomic mass is 14.3. The van der Waals surface area contributed by atoms with Crippen LogP contribution in [-0.2, 0) is 0 Å². The van der Waals surface area contributed by atoms with Gasteiger partial charge in [0.05, 0.1) is 0 Å². The summed E-state index contributed by atoms with van der Waals surface area (Å²) in [5.74, 6) is 5.24. The van der Waals surface area contributed by atoms with Crippen LogP contribution < -0.4 is 0 Å². The molecule has 0 radical (unpaired) electrons. The Balaban J connectivity index is 1.57. The SMILES string of the molecule is CCCCCCC1CCC(CCC2CCC(C)CC2C)C1. The van der Waals surface area contributed by atoms with Gasteiger partial charge in [-0.1, -0.05) is 78.6 Å². The van der Waals surface area contributed by atoms with Crippen molar-refractivity contribution in [2.45, 2.75) is 104 Å². The standard InChI is InChI=1S/C21H40/c1-4-5-6-7-8-19-10-11-20(16-19)12-14-21-13-9-17(2)15-18(21)3/h17-21H,4-16H2,1-3H3. The van der Waals surface area contributed by atoms with Crippen LogP contribution in [0.25, 0.3) is 0 Å². The first-order chi connectivity index (χ1) is 10.2. The second-order valence-corrected chi connectivity index (χ2v) is 8.63. The first-order valence-electron chi connectivity index (χ1n) is 10.2. The fourth-order valence-corrected chi connectivity index (χ4v) is 5.17. The molecule has 2 fully saturated rings. The van der Waals surface area contributed by atoms with Crippen molar-refractivity contribution in [2.24, 2.45) is 29.6 Å². The third-order valence-electron chi connectivity index (χ3n) is 6.67. The summed E-state index contributed by atoms with van der Waals surface area (Å²) in [4.78, 5) is 0. The van der Waals surface area contributed by atoms with Gasteiger partial charge >= 0.3 is 0 Å². The summed E-state index contributed by atoms with van der Waals surface area (Å²) in [7, 11) is 0. The molecule has 0 spiro atoms. The number of hydrogen-bond donors (Lipinski definition) is 0. The Morgan fingerprint density at radius 2 is 1.48 bits per heavy atom. The van der Waals surface area contributed by atoms with E-state index in [1.54, 1.807) is 32.1 Å².